The van der Waals surface area contributed by atoms with Crippen molar-refractivity contribution in [1.82, 2.24) is 15.2 Å². The van der Waals surface area contributed by atoms with Gasteiger partial charge in [-0.25, -0.2) is 4.98 Å². The summed E-state index contributed by atoms with van der Waals surface area (Å²) >= 11 is 0. The number of nitrogens with zero attached hydrogens (tertiary/aromatic N) is 2. The van der Waals surface area contributed by atoms with Gasteiger partial charge in [0.25, 0.3) is 0 Å². The molecule has 3 heterocycles. The van der Waals surface area contributed by atoms with Crippen LogP contribution >= 0.6 is 0 Å². The average Bonchev–Trinajstić information content (AvgIpc) is 2.68. The van der Waals surface area contributed by atoms with E-state index in [0.717, 1.165) is 24.4 Å². The van der Waals surface area contributed by atoms with Crippen LogP contribution in [0.2, 0.25) is 0 Å². The molecule has 1 aromatic carbocycles. The maximum Gasteiger partial charge on any atom is 0.417 e. The number of pyridine rings is 1. The van der Waals surface area contributed by atoms with Crippen molar-refractivity contribution in [3.8, 4) is 17.4 Å². The molecule has 0 radical (unpaired) electrons. The van der Waals surface area contributed by atoms with Crippen LogP contribution in [0.25, 0.3) is 0 Å². The van der Waals surface area contributed by atoms with E-state index < -0.39 is 11.7 Å². The van der Waals surface area contributed by atoms with Gasteiger partial charge in [0.15, 0.2) is 11.5 Å². The number of nitrogens with one attached hydrogen (secondary N) is 1. The molecule has 1 N–H and O–H groups in total. The van der Waals surface area contributed by atoms with E-state index in [1.165, 1.54) is 6.07 Å². The number of ether oxygens (including phenoxy) is 2. The first-order chi connectivity index (χ1) is 13.4. The lowest BCUT2D eigenvalue weighted by atomic mass is 9.97. The van der Waals surface area contributed by atoms with Gasteiger partial charge in [-0.05, 0) is 12.1 Å². The van der Waals surface area contributed by atoms with Crippen molar-refractivity contribution in [3.63, 3.8) is 0 Å². The Labute approximate surface area is 159 Å². The Hall–Kier alpha value is -2.81. The maximum atomic E-state index is 12.7. The van der Waals surface area contributed by atoms with Crippen LogP contribution in [-0.2, 0) is 11.0 Å². The monoisotopic (exact) mass is 393 g/mol. The van der Waals surface area contributed by atoms with Crippen LogP contribution in [0.1, 0.15) is 23.6 Å². The summed E-state index contributed by atoms with van der Waals surface area (Å²) in [4.78, 5) is 17.9. The Morgan fingerprint density at radius 1 is 1.25 bits per heavy atom. The van der Waals surface area contributed by atoms with Crippen molar-refractivity contribution in [1.29, 1.82) is 0 Å². The molecule has 1 saturated heterocycles. The van der Waals surface area contributed by atoms with Gasteiger partial charge in [0.2, 0.25) is 11.8 Å². The SMILES string of the molecule is O=C1CNCCN1C1CCOc2c(Oc3ccc(C(F)(F)F)cn3)cccc21. The molecule has 9 heteroatoms. The summed E-state index contributed by atoms with van der Waals surface area (Å²) in [7, 11) is 0. The smallest absolute Gasteiger partial charge is 0.417 e. The van der Waals surface area contributed by atoms with Gasteiger partial charge in [0, 0.05) is 37.3 Å². The van der Waals surface area contributed by atoms with Crippen LogP contribution in [0.15, 0.2) is 36.5 Å². The van der Waals surface area contributed by atoms with E-state index in [0.29, 0.717) is 37.6 Å². The van der Waals surface area contributed by atoms with Crippen molar-refractivity contribution in [2.75, 3.05) is 26.2 Å². The molecule has 1 atom stereocenters. The Bertz CT molecular complexity index is 871. The number of benzene rings is 1. The summed E-state index contributed by atoms with van der Waals surface area (Å²) in [6, 6.07) is 7.28. The lowest BCUT2D eigenvalue weighted by Gasteiger charge is -2.38. The van der Waals surface area contributed by atoms with Crippen molar-refractivity contribution >= 4 is 5.91 Å². The fraction of sp³-hybridized carbons (Fsp3) is 0.368. The predicted molar refractivity (Wildman–Crippen MR) is 93.2 cm³/mol. The Morgan fingerprint density at radius 3 is 2.82 bits per heavy atom. The van der Waals surface area contributed by atoms with Gasteiger partial charge in [-0.15, -0.1) is 0 Å². The molecule has 2 aromatic rings. The number of halogens is 3. The zero-order valence-corrected chi connectivity index (χ0v) is 14.8. The molecule has 6 nitrogen and oxygen atoms in total. The molecule has 148 valence electrons. The molecule has 0 bridgehead atoms. The number of carbonyl (C=O) groups is 1. The number of hydrogen-bond donors (Lipinski definition) is 1. The highest BCUT2D eigenvalue weighted by Crippen LogP contribution is 2.43. The van der Waals surface area contributed by atoms with Crippen LogP contribution in [0.4, 0.5) is 13.2 Å². The van der Waals surface area contributed by atoms with Gasteiger partial charge < -0.3 is 19.7 Å². The van der Waals surface area contributed by atoms with E-state index in [4.69, 9.17) is 9.47 Å². The molecule has 0 aliphatic carbocycles. The van der Waals surface area contributed by atoms with E-state index in [-0.39, 0.29) is 17.8 Å². The Balaban J connectivity index is 1.60. The van der Waals surface area contributed by atoms with Gasteiger partial charge in [-0.3, -0.25) is 4.79 Å². The van der Waals surface area contributed by atoms with Gasteiger partial charge in [-0.1, -0.05) is 12.1 Å². The molecule has 2 aliphatic rings. The highest BCUT2D eigenvalue weighted by molar-refractivity contribution is 5.79. The van der Waals surface area contributed by atoms with E-state index in [1.54, 1.807) is 12.1 Å². The number of amides is 1. The van der Waals surface area contributed by atoms with Crippen LogP contribution in [0, 0.1) is 0 Å². The van der Waals surface area contributed by atoms with Gasteiger partial charge >= 0.3 is 6.18 Å². The fourth-order valence-electron chi connectivity index (χ4n) is 3.45. The number of piperazine rings is 1. The second-order valence-electron chi connectivity index (χ2n) is 6.58. The third kappa shape index (κ3) is 3.62. The summed E-state index contributed by atoms with van der Waals surface area (Å²) < 4.78 is 49.5. The number of rotatable bonds is 3. The number of carbonyl (C=O) groups excluding carboxylic acids is 1. The first kappa shape index (κ1) is 18.5. The number of para-hydroxylation sites is 1. The summed E-state index contributed by atoms with van der Waals surface area (Å²) in [5.74, 6) is 0.911. The van der Waals surface area contributed by atoms with Gasteiger partial charge in [0.05, 0.1) is 24.8 Å². The van der Waals surface area contributed by atoms with E-state index >= 15 is 0 Å². The van der Waals surface area contributed by atoms with Crippen molar-refractivity contribution in [2.45, 2.75) is 18.6 Å². The lowest BCUT2D eigenvalue weighted by Crippen LogP contribution is -2.50. The maximum absolute atomic E-state index is 12.7. The van der Waals surface area contributed by atoms with Crippen molar-refractivity contribution < 1.29 is 27.4 Å². The van der Waals surface area contributed by atoms with Crippen LogP contribution < -0.4 is 14.8 Å². The minimum Gasteiger partial charge on any atom is -0.489 e. The predicted octanol–water partition coefficient (Wildman–Crippen LogP) is 3.15. The molecule has 1 amide bonds. The summed E-state index contributed by atoms with van der Waals surface area (Å²) in [6.45, 7) is 2.05. The zero-order valence-electron chi connectivity index (χ0n) is 14.8. The zero-order chi connectivity index (χ0) is 19.7. The lowest BCUT2D eigenvalue weighted by molar-refractivity contribution is -0.138. The molecule has 1 unspecified atom stereocenters. The third-order valence-electron chi connectivity index (χ3n) is 4.79. The highest BCUT2D eigenvalue weighted by Gasteiger charge is 2.33. The quantitative estimate of drug-likeness (QED) is 0.868. The molecule has 0 saturated carbocycles. The fourth-order valence-corrected chi connectivity index (χ4v) is 3.45. The summed E-state index contributed by atoms with van der Waals surface area (Å²) in [5.41, 5.74) is -0.0191. The molecular weight excluding hydrogens is 375 g/mol. The van der Waals surface area contributed by atoms with Crippen molar-refractivity contribution in [3.05, 3.63) is 47.7 Å². The average molecular weight is 393 g/mol. The third-order valence-corrected chi connectivity index (χ3v) is 4.79. The first-order valence-corrected chi connectivity index (χ1v) is 8.90. The summed E-state index contributed by atoms with van der Waals surface area (Å²) in [6.07, 6.45) is -3.06. The molecule has 1 fully saturated rings. The van der Waals surface area contributed by atoms with Gasteiger partial charge in [0.1, 0.15) is 0 Å². The first-order valence-electron chi connectivity index (χ1n) is 8.90. The molecule has 2 aliphatic heterocycles. The number of aromatic nitrogens is 1. The topological polar surface area (TPSA) is 63.7 Å². The van der Waals surface area contributed by atoms with Gasteiger partial charge in [-0.2, -0.15) is 13.2 Å². The second kappa shape index (κ2) is 7.31. The largest absolute Gasteiger partial charge is 0.489 e. The minimum absolute atomic E-state index is 0.0276. The number of fused-ring (bicyclic) bond motifs is 1. The molecule has 28 heavy (non-hydrogen) atoms. The minimum atomic E-state index is -4.45. The Kier molecular flexibility index (Phi) is 4.84. The van der Waals surface area contributed by atoms with Crippen molar-refractivity contribution in [2.24, 2.45) is 0 Å². The number of hydrogen-bond acceptors (Lipinski definition) is 5. The van der Waals surface area contributed by atoms with E-state index in [9.17, 15) is 18.0 Å². The van der Waals surface area contributed by atoms with E-state index in [1.807, 2.05) is 11.0 Å². The van der Waals surface area contributed by atoms with Crippen LogP contribution in [-0.4, -0.2) is 42.0 Å². The second-order valence-corrected chi connectivity index (χ2v) is 6.58. The molecule has 4 rings (SSSR count). The van der Waals surface area contributed by atoms with E-state index in [2.05, 4.69) is 10.3 Å². The summed E-state index contributed by atoms with van der Waals surface area (Å²) in [5, 5.41) is 3.05. The molecular formula is C19H18F3N3O3. The Morgan fingerprint density at radius 2 is 2.11 bits per heavy atom. The highest BCUT2D eigenvalue weighted by atomic mass is 19.4. The number of alkyl halides is 3. The van der Waals surface area contributed by atoms with Crippen LogP contribution in [0.5, 0.6) is 17.4 Å². The molecule has 0 spiro atoms. The normalized spacial score (nSPS) is 19.8. The molecule has 1 aromatic heterocycles. The standard InChI is InChI=1S/C19H18F3N3O3/c20-19(21,22)12-4-5-16(24-10-12)28-15-3-1-2-13-14(6-9-27-18(13)15)25-8-7-23-11-17(25)26/h1-5,10,14,23H,6-9,11H2. The van der Waals surface area contributed by atoms with Crippen LogP contribution in [0.3, 0.4) is 0 Å².